The fourth-order valence-electron chi connectivity index (χ4n) is 0.775. The van der Waals surface area contributed by atoms with Gasteiger partial charge in [-0.2, -0.15) is 0 Å². The van der Waals surface area contributed by atoms with Gasteiger partial charge in [-0.05, 0) is 12.5 Å². The first-order chi connectivity index (χ1) is 4.29. The molecule has 0 heteroatoms. The molecule has 46 valence electrons. The van der Waals surface area contributed by atoms with Crippen molar-refractivity contribution < 1.29 is 0 Å². The summed E-state index contributed by atoms with van der Waals surface area (Å²) >= 11 is 0. The van der Waals surface area contributed by atoms with Crippen LogP contribution in [0.2, 0.25) is 0 Å². The fraction of sp³-hybridized carbons (Fsp3) is 0.111. The largest absolute Gasteiger partial charge is 0.0918 e. The van der Waals surface area contributed by atoms with E-state index < -0.39 is 0 Å². The maximum atomic E-state index is 3.82. The Bertz CT molecular complexity index is 202. The Morgan fingerprint density at radius 1 is 1.22 bits per heavy atom. The van der Waals surface area contributed by atoms with Crippen molar-refractivity contribution >= 4 is 0 Å². The zero-order chi connectivity index (χ0) is 6.69. The predicted molar refractivity (Wildman–Crippen MR) is 41.2 cm³/mol. The Morgan fingerprint density at radius 2 is 1.89 bits per heavy atom. The predicted octanol–water partition coefficient (Wildman–Crippen LogP) is 2.61. The van der Waals surface area contributed by atoms with Crippen LogP contribution in [0, 0.1) is 0 Å². The molecule has 0 aromatic rings. The zero-order valence-corrected chi connectivity index (χ0v) is 5.59. The Balaban J connectivity index is 2.90. The molecule has 0 bridgehead atoms. The van der Waals surface area contributed by atoms with E-state index in [1.54, 1.807) is 0 Å². The monoisotopic (exact) mass is 118 g/mol. The average molecular weight is 118 g/mol. The molecule has 1 aliphatic carbocycles. The van der Waals surface area contributed by atoms with Crippen LogP contribution in [0.15, 0.2) is 48.1 Å². The Hall–Kier alpha value is -1.04. The molecular formula is C9H10. The van der Waals surface area contributed by atoms with E-state index in [1.807, 2.05) is 18.2 Å². The third kappa shape index (κ3) is 1.73. The highest BCUT2D eigenvalue weighted by molar-refractivity contribution is 5.39. The van der Waals surface area contributed by atoms with Gasteiger partial charge in [-0.3, -0.25) is 0 Å². The van der Waals surface area contributed by atoms with Gasteiger partial charge in [0.25, 0.3) is 0 Å². The van der Waals surface area contributed by atoms with Crippen LogP contribution in [0.3, 0.4) is 0 Å². The molecule has 0 nitrogen and oxygen atoms in total. The Kier molecular flexibility index (Phi) is 1.69. The topological polar surface area (TPSA) is 0 Å². The van der Waals surface area contributed by atoms with Crippen molar-refractivity contribution in [2.45, 2.75) is 6.92 Å². The quantitative estimate of drug-likeness (QED) is 0.458. The van der Waals surface area contributed by atoms with Crippen LogP contribution in [-0.4, -0.2) is 0 Å². The summed E-state index contributed by atoms with van der Waals surface area (Å²) in [7, 11) is 0. The SMILES string of the molecule is C=C1C=CC=CC(C)=C1. The van der Waals surface area contributed by atoms with Crippen LogP contribution in [0.1, 0.15) is 6.92 Å². The Labute approximate surface area is 55.9 Å². The van der Waals surface area contributed by atoms with Gasteiger partial charge in [0.2, 0.25) is 0 Å². The summed E-state index contributed by atoms with van der Waals surface area (Å²) < 4.78 is 0. The molecule has 0 aromatic carbocycles. The number of allylic oxidation sites excluding steroid dienone is 7. The van der Waals surface area contributed by atoms with Gasteiger partial charge < -0.3 is 0 Å². The number of rotatable bonds is 0. The number of hydrogen-bond donors (Lipinski definition) is 0. The van der Waals surface area contributed by atoms with E-state index in [0.29, 0.717) is 0 Å². The van der Waals surface area contributed by atoms with Gasteiger partial charge in [-0.15, -0.1) is 0 Å². The lowest BCUT2D eigenvalue weighted by molar-refractivity contribution is 1.51. The molecule has 0 saturated heterocycles. The molecule has 1 aliphatic rings. The second kappa shape index (κ2) is 2.49. The lowest BCUT2D eigenvalue weighted by Gasteiger charge is -1.87. The minimum Gasteiger partial charge on any atom is -0.0918 e. The molecule has 0 unspecified atom stereocenters. The molecule has 0 N–H and O–H groups in total. The van der Waals surface area contributed by atoms with Gasteiger partial charge in [0, 0.05) is 0 Å². The summed E-state index contributed by atoms with van der Waals surface area (Å²) in [6.45, 7) is 5.89. The molecule has 9 heavy (non-hydrogen) atoms. The van der Waals surface area contributed by atoms with Crippen LogP contribution in [-0.2, 0) is 0 Å². The van der Waals surface area contributed by atoms with Crippen LogP contribution in [0.4, 0.5) is 0 Å². The van der Waals surface area contributed by atoms with E-state index in [2.05, 4.69) is 25.7 Å². The Morgan fingerprint density at radius 3 is 2.67 bits per heavy atom. The van der Waals surface area contributed by atoms with E-state index in [1.165, 1.54) is 5.57 Å². The minimum absolute atomic E-state index is 1.07. The summed E-state index contributed by atoms with van der Waals surface area (Å²) in [6, 6.07) is 0. The summed E-state index contributed by atoms with van der Waals surface area (Å²) in [4.78, 5) is 0. The van der Waals surface area contributed by atoms with E-state index in [9.17, 15) is 0 Å². The molecule has 0 atom stereocenters. The third-order valence-corrected chi connectivity index (χ3v) is 1.19. The second-order valence-electron chi connectivity index (χ2n) is 2.18. The highest BCUT2D eigenvalue weighted by atomic mass is 13.9. The number of hydrogen-bond acceptors (Lipinski definition) is 0. The van der Waals surface area contributed by atoms with E-state index in [-0.39, 0.29) is 0 Å². The lowest BCUT2D eigenvalue weighted by Crippen LogP contribution is -1.67. The third-order valence-electron chi connectivity index (χ3n) is 1.19. The summed E-state index contributed by atoms with van der Waals surface area (Å²) in [5.41, 5.74) is 2.32. The molecule has 0 saturated carbocycles. The van der Waals surface area contributed by atoms with Crippen LogP contribution >= 0.6 is 0 Å². The minimum atomic E-state index is 1.07. The molecule has 0 aliphatic heterocycles. The maximum Gasteiger partial charge on any atom is -0.0326 e. The normalized spacial score (nSPS) is 17.4. The standard InChI is InChI=1S/C9H10/c1-8-5-3-4-6-9(2)7-8/h3-7H,1H2,2H3. The van der Waals surface area contributed by atoms with Crippen molar-refractivity contribution in [3.05, 3.63) is 48.1 Å². The smallest absolute Gasteiger partial charge is 0.0326 e. The van der Waals surface area contributed by atoms with Crippen LogP contribution in [0.5, 0.6) is 0 Å². The summed E-state index contributed by atoms with van der Waals surface area (Å²) in [5.74, 6) is 0. The van der Waals surface area contributed by atoms with Crippen LogP contribution in [0.25, 0.3) is 0 Å². The van der Waals surface area contributed by atoms with Gasteiger partial charge in [-0.1, -0.05) is 42.5 Å². The molecule has 0 spiro atoms. The first kappa shape index (κ1) is 6.09. The highest BCUT2D eigenvalue weighted by Gasteiger charge is 1.86. The molecule has 1 rings (SSSR count). The van der Waals surface area contributed by atoms with Gasteiger partial charge in [-0.25, -0.2) is 0 Å². The molecule has 0 heterocycles. The van der Waals surface area contributed by atoms with Gasteiger partial charge in [0.15, 0.2) is 0 Å². The van der Waals surface area contributed by atoms with Gasteiger partial charge in [0.1, 0.15) is 0 Å². The highest BCUT2D eigenvalue weighted by Crippen LogP contribution is 2.06. The summed E-state index contributed by atoms with van der Waals surface area (Å²) in [5, 5.41) is 0. The zero-order valence-electron chi connectivity index (χ0n) is 5.59. The van der Waals surface area contributed by atoms with E-state index >= 15 is 0 Å². The van der Waals surface area contributed by atoms with Crippen molar-refractivity contribution in [2.75, 3.05) is 0 Å². The molecular weight excluding hydrogens is 108 g/mol. The maximum absolute atomic E-state index is 3.82. The molecule has 0 fully saturated rings. The van der Waals surface area contributed by atoms with Gasteiger partial charge >= 0.3 is 0 Å². The van der Waals surface area contributed by atoms with Crippen molar-refractivity contribution in [3.63, 3.8) is 0 Å². The van der Waals surface area contributed by atoms with E-state index in [0.717, 1.165) is 5.57 Å². The van der Waals surface area contributed by atoms with Crippen LogP contribution < -0.4 is 0 Å². The fourth-order valence-corrected chi connectivity index (χ4v) is 0.775. The molecule has 0 radical (unpaired) electrons. The van der Waals surface area contributed by atoms with E-state index in [4.69, 9.17) is 0 Å². The summed E-state index contributed by atoms with van der Waals surface area (Å²) in [6.07, 6.45) is 10.1. The van der Waals surface area contributed by atoms with Crippen molar-refractivity contribution in [2.24, 2.45) is 0 Å². The average Bonchev–Trinajstić information content (AvgIpc) is 1.93. The van der Waals surface area contributed by atoms with Crippen molar-refractivity contribution in [1.29, 1.82) is 0 Å². The lowest BCUT2D eigenvalue weighted by atomic mass is 10.2. The molecule has 0 aromatic heterocycles. The first-order valence-corrected chi connectivity index (χ1v) is 3.01. The van der Waals surface area contributed by atoms with Crippen molar-refractivity contribution in [1.82, 2.24) is 0 Å². The van der Waals surface area contributed by atoms with Crippen molar-refractivity contribution in [3.8, 4) is 0 Å². The van der Waals surface area contributed by atoms with Gasteiger partial charge in [0.05, 0.1) is 0 Å². The second-order valence-corrected chi connectivity index (χ2v) is 2.18. The first-order valence-electron chi connectivity index (χ1n) is 3.01. The molecule has 0 amide bonds.